The number of halogens is 1. The van der Waals surface area contributed by atoms with Crippen LogP contribution in [-0.4, -0.2) is 15.7 Å². The van der Waals surface area contributed by atoms with Crippen molar-refractivity contribution in [3.8, 4) is 0 Å². The van der Waals surface area contributed by atoms with Crippen LogP contribution in [0.2, 0.25) is 5.02 Å². The summed E-state index contributed by atoms with van der Waals surface area (Å²) >= 11 is 7.69. The molecular weight excluding hydrogens is 284 g/mol. The lowest BCUT2D eigenvalue weighted by atomic mass is 9.97. The molecule has 1 aliphatic heterocycles. The minimum absolute atomic E-state index is 0.197. The Morgan fingerprint density at radius 3 is 2.89 bits per heavy atom. The maximum Gasteiger partial charge on any atom is 0.313 e. The van der Waals surface area contributed by atoms with E-state index in [4.69, 9.17) is 11.6 Å². The van der Waals surface area contributed by atoms with E-state index in [0.29, 0.717) is 0 Å². The number of aromatic amines is 2. The van der Waals surface area contributed by atoms with E-state index in [1.54, 1.807) is 18.0 Å². The Balaban J connectivity index is 1.93. The first-order valence-electron chi connectivity index (χ1n) is 5.86. The summed E-state index contributed by atoms with van der Waals surface area (Å²) < 4.78 is 0. The van der Waals surface area contributed by atoms with Gasteiger partial charge in [0.15, 0.2) is 0 Å². The summed E-state index contributed by atoms with van der Waals surface area (Å²) in [5, 5.41) is 0.738. The van der Waals surface area contributed by atoms with Gasteiger partial charge in [-0.05, 0) is 24.1 Å². The zero-order valence-corrected chi connectivity index (χ0v) is 11.5. The summed E-state index contributed by atoms with van der Waals surface area (Å²) in [6.07, 6.45) is 2.43. The smallest absolute Gasteiger partial charge is 0.313 e. The first-order valence-corrected chi connectivity index (χ1v) is 7.23. The van der Waals surface area contributed by atoms with Gasteiger partial charge in [-0.1, -0.05) is 17.7 Å². The van der Waals surface area contributed by atoms with Crippen LogP contribution in [0.25, 0.3) is 0 Å². The van der Waals surface area contributed by atoms with Crippen molar-refractivity contribution in [3.05, 3.63) is 61.4 Å². The van der Waals surface area contributed by atoms with Gasteiger partial charge in [-0.25, -0.2) is 0 Å². The minimum atomic E-state index is -0.612. The molecule has 0 aliphatic carbocycles. The summed E-state index contributed by atoms with van der Waals surface area (Å²) in [7, 11) is 0. The largest absolute Gasteiger partial charge is 0.323 e. The van der Waals surface area contributed by atoms with Crippen molar-refractivity contribution in [1.82, 2.24) is 9.97 Å². The maximum atomic E-state index is 11.3. The lowest BCUT2D eigenvalue weighted by Crippen LogP contribution is -2.31. The van der Waals surface area contributed by atoms with E-state index in [0.717, 1.165) is 22.9 Å². The van der Waals surface area contributed by atoms with Crippen molar-refractivity contribution in [1.29, 1.82) is 0 Å². The topological polar surface area (TPSA) is 65.7 Å². The molecule has 2 heterocycles. The predicted octanol–water partition coefficient (Wildman–Crippen LogP) is 2.15. The van der Waals surface area contributed by atoms with Gasteiger partial charge in [0.2, 0.25) is 0 Å². The summed E-state index contributed by atoms with van der Waals surface area (Å²) in [4.78, 5) is 28.7. The van der Waals surface area contributed by atoms with Crippen LogP contribution < -0.4 is 11.1 Å². The third kappa shape index (κ3) is 2.48. The summed E-state index contributed by atoms with van der Waals surface area (Å²) in [6, 6.07) is 5.85. The molecule has 0 saturated carbocycles. The fourth-order valence-electron chi connectivity index (χ4n) is 2.20. The van der Waals surface area contributed by atoms with Gasteiger partial charge in [0.05, 0.1) is 0 Å². The second-order valence-electron chi connectivity index (χ2n) is 4.49. The zero-order chi connectivity index (χ0) is 13.4. The lowest BCUT2D eigenvalue weighted by Gasteiger charge is -2.23. The van der Waals surface area contributed by atoms with Crippen LogP contribution in [0, 0.1) is 0 Å². The normalized spacial score (nSPS) is 18.1. The van der Waals surface area contributed by atoms with E-state index in [1.165, 1.54) is 10.5 Å². The number of hydrogen-bond donors (Lipinski definition) is 2. The van der Waals surface area contributed by atoms with E-state index in [2.05, 4.69) is 9.97 Å². The molecule has 0 amide bonds. The molecule has 1 unspecified atom stereocenters. The van der Waals surface area contributed by atoms with E-state index in [1.807, 2.05) is 18.2 Å². The molecule has 0 fully saturated rings. The molecule has 1 aliphatic rings. The molecule has 2 aromatic rings. The Bertz CT molecular complexity index is 738. The molecule has 1 atom stereocenters. The quantitative estimate of drug-likeness (QED) is 0.792. The third-order valence-electron chi connectivity index (χ3n) is 3.20. The number of nitrogens with one attached hydrogen (secondary N) is 2. The van der Waals surface area contributed by atoms with Crippen molar-refractivity contribution >= 4 is 23.4 Å². The molecule has 6 heteroatoms. The van der Waals surface area contributed by atoms with Crippen LogP contribution in [0.3, 0.4) is 0 Å². The average Bonchev–Trinajstić information content (AvgIpc) is 2.41. The summed E-state index contributed by atoms with van der Waals surface area (Å²) in [5.41, 5.74) is 0.791. The molecule has 1 aromatic carbocycles. The van der Waals surface area contributed by atoms with E-state index in [9.17, 15) is 9.59 Å². The van der Waals surface area contributed by atoms with Gasteiger partial charge in [-0.3, -0.25) is 9.59 Å². The van der Waals surface area contributed by atoms with Gasteiger partial charge < -0.3 is 9.97 Å². The Labute approximate surface area is 118 Å². The monoisotopic (exact) mass is 294 g/mol. The van der Waals surface area contributed by atoms with Crippen LogP contribution >= 0.6 is 23.4 Å². The SMILES string of the molecule is O=c1[nH]cc(C2CSc3cc(Cl)ccc3C2)[nH]c1=O. The molecule has 2 N–H and O–H groups in total. The Morgan fingerprint density at radius 2 is 2.11 bits per heavy atom. The van der Waals surface area contributed by atoms with Gasteiger partial charge in [-0.15, -0.1) is 11.8 Å². The Kier molecular flexibility index (Phi) is 3.24. The third-order valence-corrected chi connectivity index (χ3v) is 4.69. The maximum absolute atomic E-state index is 11.3. The average molecular weight is 295 g/mol. The number of aromatic nitrogens is 2. The number of hydrogen-bond acceptors (Lipinski definition) is 3. The van der Waals surface area contributed by atoms with E-state index >= 15 is 0 Å². The number of H-pyrrole nitrogens is 2. The first kappa shape index (κ1) is 12.6. The highest BCUT2D eigenvalue weighted by atomic mass is 35.5. The number of thioether (sulfide) groups is 1. The standard InChI is InChI=1S/C13H11ClN2O2S/c14-9-2-1-7-3-8(6-19-11(7)4-9)10-5-15-12(17)13(18)16-10/h1-2,4-5,8H,3,6H2,(H,15,17)(H,16,18). The first-order chi connectivity index (χ1) is 9.13. The van der Waals surface area contributed by atoms with Crippen molar-refractivity contribution in [2.75, 3.05) is 5.75 Å². The highest BCUT2D eigenvalue weighted by Crippen LogP contribution is 2.37. The molecular formula is C13H11ClN2O2S. The van der Waals surface area contributed by atoms with Crippen LogP contribution in [-0.2, 0) is 6.42 Å². The van der Waals surface area contributed by atoms with Crippen LogP contribution in [0.1, 0.15) is 17.2 Å². The van der Waals surface area contributed by atoms with Gasteiger partial charge in [-0.2, -0.15) is 0 Å². The molecule has 0 radical (unpaired) electrons. The van der Waals surface area contributed by atoms with Gasteiger partial charge >= 0.3 is 11.1 Å². The number of fused-ring (bicyclic) bond motifs is 1. The van der Waals surface area contributed by atoms with Gasteiger partial charge in [0.25, 0.3) is 0 Å². The van der Waals surface area contributed by atoms with Crippen LogP contribution in [0.15, 0.2) is 38.9 Å². The van der Waals surface area contributed by atoms with Crippen LogP contribution in [0.4, 0.5) is 0 Å². The van der Waals surface area contributed by atoms with Crippen molar-refractivity contribution in [2.24, 2.45) is 0 Å². The highest BCUT2D eigenvalue weighted by Gasteiger charge is 2.21. The minimum Gasteiger partial charge on any atom is -0.323 e. The van der Waals surface area contributed by atoms with E-state index < -0.39 is 11.1 Å². The molecule has 1 aromatic heterocycles. The summed E-state index contributed by atoms with van der Waals surface area (Å²) in [6.45, 7) is 0. The second-order valence-corrected chi connectivity index (χ2v) is 5.99. The molecule has 0 spiro atoms. The molecule has 0 bridgehead atoms. The Morgan fingerprint density at radius 1 is 1.26 bits per heavy atom. The lowest BCUT2D eigenvalue weighted by molar-refractivity contribution is 0.708. The predicted molar refractivity (Wildman–Crippen MR) is 76.3 cm³/mol. The fourth-order valence-corrected chi connectivity index (χ4v) is 3.66. The molecule has 4 nitrogen and oxygen atoms in total. The number of rotatable bonds is 1. The number of benzene rings is 1. The second kappa shape index (κ2) is 4.90. The zero-order valence-electron chi connectivity index (χ0n) is 9.90. The molecule has 98 valence electrons. The Hall–Kier alpha value is -1.46. The highest BCUT2D eigenvalue weighted by molar-refractivity contribution is 7.99. The van der Waals surface area contributed by atoms with Crippen molar-refractivity contribution in [2.45, 2.75) is 17.2 Å². The van der Waals surface area contributed by atoms with Gasteiger partial charge in [0.1, 0.15) is 0 Å². The summed E-state index contributed by atoms with van der Waals surface area (Å²) in [5.74, 6) is 1.05. The molecule has 19 heavy (non-hydrogen) atoms. The fraction of sp³-hybridized carbons (Fsp3) is 0.231. The van der Waals surface area contributed by atoms with Crippen molar-refractivity contribution < 1.29 is 0 Å². The molecule has 0 saturated heterocycles. The van der Waals surface area contributed by atoms with E-state index in [-0.39, 0.29) is 5.92 Å². The van der Waals surface area contributed by atoms with Crippen molar-refractivity contribution in [3.63, 3.8) is 0 Å². The van der Waals surface area contributed by atoms with Crippen LogP contribution in [0.5, 0.6) is 0 Å². The van der Waals surface area contributed by atoms with Gasteiger partial charge in [0, 0.05) is 33.5 Å². The molecule has 3 rings (SSSR count).